The smallest absolute Gasteiger partial charge is 0.0654 e. The van der Waals surface area contributed by atoms with Crippen LogP contribution < -0.4 is 0 Å². The highest BCUT2D eigenvalue weighted by Gasteiger charge is 1.80. The molecule has 0 aliphatic rings. The minimum atomic E-state index is 0. The molecule has 0 fully saturated rings. The molecule has 0 spiro atoms. The highest BCUT2D eigenvalue weighted by molar-refractivity contribution is 4.35. The third-order valence-corrected chi connectivity index (χ3v) is 1.21. The molecule has 44 valence electrons. The fraction of sp³-hybridized carbons (Fsp3) is 1.00. The molecule has 0 atom stereocenters. The van der Waals surface area contributed by atoms with Gasteiger partial charge in [0.15, 0.2) is 0 Å². The Balaban J connectivity index is 0. The standard InChI is InChI=1S/C7H16/c1-3-5-7-6-4-2/h3-7H2,1-2H3/p+1. The zero-order valence-corrected chi connectivity index (χ0v) is 5.54. The zero-order chi connectivity index (χ0) is 5.54. The van der Waals surface area contributed by atoms with E-state index in [1.807, 2.05) is 0 Å². The first-order valence-electron chi connectivity index (χ1n) is 3.41. The third-order valence-electron chi connectivity index (χ3n) is 1.21. The van der Waals surface area contributed by atoms with Crippen molar-refractivity contribution in [3.63, 3.8) is 0 Å². The lowest BCUT2D eigenvalue weighted by Gasteiger charge is -1.90. The SMILES string of the molecule is CCCCCCC.[H+]. The van der Waals surface area contributed by atoms with E-state index in [-0.39, 0.29) is 1.43 Å². The van der Waals surface area contributed by atoms with Crippen LogP contribution in [0.3, 0.4) is 0 Å². The van der Waals surface area contributed by atoms with Gasteiger partial charge < -0.3 is 0 Å². The molecule has 0 nitrogen and oxygen atoms in total. The average molecular weight is 101 g/mol. The summed E-state index contributed by atoms with van der Waals surface area (Å²) in [4.78, 5) is 0. The Hall–Kier alpha value is 0. The number of hydrogen-bond donors (Lipinski definition) is 0. The van der Waals surface area contributed by atoms with E-state index in [0.29, 0.717) is 0 Å². The Bertz CT molecular complexity index is 23.6. The second kappa shape index (κ2) is 6.00. The van der Waals surface area contributed by atoms with Crippen molar-refractivity contribution in [3.8, 4) is 0 Å². The quantitative estimate of drug-likeness (QED) is 0.477. The molecule has 0 heterocycles. The van der Waals surface area contributed by atoms with Crippen LogP contribution in [-0.2, 0) is 0 Å². The summed E-state index contributed by atoms with van der Waals surface area (Å²) in [5.74, 6) is 0. The number of unbranched alkanes of at least 4 members (excludes halogenated alkanes) is 4. The topological polar surface area (TPSA) is 0 Å². The largest absolute Gasteiger partial charge is 1.00 e. The van der Waals surface area contributed by atoms with E-state index in [1.54, 1.807) is 0 Å². The number of rotatable bonds is 4. The predicted molar refractivity (Wildman–Crippen MR) is 35.5 cm³/mol. The van der Waals surface area contributed by atoms with Gasteiger partial charge in [-0.3, -0.25) is 0 Å². The van der Waals surface area contributed by atoms with Crippen molar-refractivity contribution in [2.45, 2.75) is 46.0 Å². The molecule has 0 heteroatoms. The lowest BCUT2D eigenvalue weighted by molar-refractivity contribution is 0.656. The van der Waals surface area contributed by atoms with Gasteiger partial charge in [0, 0.05) is 0 Å². The van der Waals surface area contributed by atoms with Gasteiger partial charge in [-0.1, -0.05) is 46.0 Å². The molecule has 0 aromatic heterocycles. The zero-order valence-electron chi connectivity index (χ0n) is 6.54. The van der Waals surface area contributed by atoms with Crippen LogP contribution in [0.4, 0.5) is 0 Å². The minimum Gasteiger partial charge on any atom is -0.0654 e. The molecule has 0 radical (unpaired) electrons. The second-order valence-electron chi connectivity index (χ2n) is 2.06. The van der Waals surface area contributed by atoms with Gasteiger partial charge in [-0.05, 0) is 0 Å². The summed E-state index contributed by atoms with van der Waals surface area (Å²) in [5, 5.41) is 0. The molecule has 0 rings (SSSR count). The summed E-state index contributed by atoms with van der Waals surface area (Å²) >= 11 is 0. The molecule has 0 aliphatic carbocycles. The molecule has 0 aromatic rings. The van der Waals surface area contributed by atoms with Crippen LogP contribution in [0.2, 0.25) is 0 Å². The molecule has 0 saturated heterocycles. The van der Waals surface area contributed by atoms with Gasteiger partial charge in [-0.15, -0.1) is 0 Å². The van der Waals surface area contributed by atoms with E-state index in [4.69, 9.17) is 0 Å². The lowest BCUT2D eigenvalue weighted by Crippen LogP contribution is -1.70. The Morgan fingerprint density at radius 2 is 1.29 bits per heavy atom. The van der Waals surface area contributed by atoms with Crippen LogP contribution >= 0.6 is 0 Å². The summed E-state index contributed by atoms with van der Waals surface area (Å²) in [5.41, 5.74) is 0. The van der Waals surface area contributed by atoms with E-state index >= 15 is 0 Å². The van der Waals surface area contributed by atoms with Crippen LogP contribution in [-0.4, -0.2) is 0 Å². The van der Waals surface area contributed by atoms with E-state index in [9.17, 15) is 0 Å². The van der Waals surface area contributed by atoms with Crippen LogP contribution in [0, 0.1) is 0 Å². The van der Waals surface area contributed by atoms with Gasteiger partial charge in [0.1, 0.15) is 0 Å². The van der Waals surface area contributed by atoms with Crippen molar-refractivity contribution in [1.29, 1.82) is 0 Å². The fourth-order valence-corrected chi connectivity index (χ4v) is 0.677. The van der Waals surface area contributed by atoms with Crippen molar-refractivity contribution < 1.29 is 1.43 Å². The normalized spacial score (nSPS) is 9.43. The van der Waals surface area contributed by atoms with Crippen LogP contribution in [0.15, 0.2) is 0 Å². The Morgan fingerprint density at radius 1 is 0.857 bits per heavy atom. The van der Waals surface area contributed by atoms with Crippen molar-refractivity contribution in [1.82, 2.24) is 0 Å². The van der Waals surface area contributed by atoms with Crippen molar-refractivity contribution >= 4 is 0 Å². The lowest BCUT2D eigenvalue weighted by atomic mass is 10.2. The maximum atomic E-state index is 2.25. The maximum absolute atomic E-state index is 2.25. The third kappa shape index (κ3) is 6.00. The minimum absolute atomic E-state index is 0. The Kier molecular flexibility index (Phi) is 6.00. The van der Waals surface area contributed by atoms with E-state index in [1.165, 1.54) is 32.1 Å². The van der Waals surface area contributed by atoms with Crippen molar-refractivity contribution in [2.75, 3.05) is 0 Å². The fourth-order valence-electron chi connectivity index (χ4n) is 0.677. The predicted octanol–water partition coefficient (Wildman–Crippen LogP) is 3.09. The van der Waals surface area contributed by atoms with Gasteiger partial charge in [0.05, 0.1) is 0 Å². The first-order valence-corrected chi connectivity index (χ1v) is 3.41. The molecular weight excluding hydrogens is 84.1 g/mol. The Labute approximate surface area is 48.4 Å². The van der Waals surface area contributed by atoms with Gasteiger partial charge in [0.2, 0.25) is 0 Å². The molecule has 0 saturated carbocycles. The number of hydrogen-bond acceptors (Lipinski definition) is 0. The van der Waals surface area contributed by atoms with Crippen molar-refractivity contribution in [2.24, 2.45) is 0 Å². The summed E-state index contributed by atoms with van der Waals surface area (Å²) in [6, 6.07) is 0. The molecular formula is C7H17+. The molecule has 0 N–H and O–H groups in total. The second-order valence-corrected chi connectivity index (χ2v) is 2.06. The first-order chi connectivity index (χ1) is 3.41. The summed E-state index contributed by atoms with van der Waals surface area (Å²) in [7, 11) is 0. The molecule has 0 bridgehead atoms. The maximum Gasteiger partial charge on any atom is 1.00 e. The van der Waals surface area contributed by atoms with E-state index < -0.39 is 0 Å². The molecule has 0 unspecified atom stereocenters. The van der Waals surface area contributed by atoms with Gasteiger partial charge in [-0.25, -0.2) is 0 Å². The van der Waals surface area contributed by atoms with Crippen LogP contribution in [0.5, 0.6) is 0 Å². The molecule has 0 amide bonds. The highest BCUT2D eigenvalue weighted by Crippen LogP contribution is 2.00. The highest BCUT2D eigenvalue weighted by atomic mass is 13.9. The summed E-state index contributed by atoms with van der Waals surface area (Å²) in [6.45, 7) is 4.49. The van der Waals surface area contributed by atoms with Crippen LogP contribution in [0.25, 0.3) is 0 Å². The Morgan fingerprint density at radius 3 is 1.57 bits per heavy atom. The van der Waals surface area contributed by atoms with E-state index in [2.05, 4.69) is 13.8 Å². The molecule has 0 aromatic carbocycles. The van der Waals surface area contributed by atoms with Crippen LogP contribution in [0.1, 0.15) is 47.4 Å². The average Bonchev–Trinajstić information content (AvgIpc) is 1.69. The summed E-state index contributed by atoms with van der Waals surface area (Å²) in [6.07, 6.45) is 7.01. The molecule has 7 heavy (non-hydrogen) atoms. The van der Waals surface area contributed by atoms with Gasteiger partial charge >= 0.3 is 1.43 Å². The van der Waals surface area contributed by atoms with Gasteiger partial charge in [-0.2, -0.15) is 0 Å². The molecule has 0 aliphatic heterocycles. The monoisotopic (exact) mass is 101 g/mol. The first kappa shape index (κ1) is 7.00. The van der Waals surface area contributed by atoms with Gasteiger partial charge in [0.25, 0.3) is 0 Å². The van der Waals surface area contributed by atoms with E-state index in [0.717, 1.165) is 0 Å². The summed E-state index contributed by atoms with van der Waals surface area (Å²) < 4.78 is 0. The van der Waals surface area contributed by atoms with Crippen molar-refractivity contribution in [3.05, 3.63) is 0 Å².